The van der Waals surface area contributed by atoms with Gasteiger partial charge in [-0.2, -0.15) is 0 Å². The standard InChI is InChI=1S/C23H33NO4S/c1-16(27-12-11-18-8-7-13-29-18)28-21-10-9-17(14-19(21)22(25)26-6)20(24-5)15-23(2,3)4/h7-10,13-14,16,20,24H,11-12,15H2,1-6H3. The Hall–Kier alpha value is -1.89. The maximum atomic E-state index is 12.4. The van der Waals surface area contributed by atoms with Crippen LogP contribution in [-0.2, 0) is 15.9 Å². The van der Waals surface area contributed by atoms with E-state index in [0.29, 0.717) is 17.9 Å². The van der Waals surface area contributed by atoms with Crippen LogP contribution in [0.25, 0.3) is 0 Å². The molecule has 29 heavy (non-hydrogen) atoms. The number of thiophene rings is 1. The van der Waals surface area contributed by atoms with Gasteiger partial charge in [0, 0.05) is 17.3 Å². The molecule has 0 saturated carbocycles. The van der Waals surface area contributed by atoms with Gasteiger partial charge in [0.2, 0.25) is 0 Å². The lowest BCUT2D eigenvalue weighted by molar-refractivity contribution is -0.0656. The first kappa shape index (κ1) is 23.4. The second kappa shape index (κ2) is 10.8. The molecule has 0 bridgehead atoms. The van der Waals surface area contributed by atoms with Crippen LogP contribution in [0.4, 0.5) is 0 Å². The van der Waals surface area contributed by atoms with Crippen LogP contribution in [0.1, 0.15) is 61.0 Å². The number of hydrogen-bond acceptors (Lipinski definition) is 6. The van der Waals surface area contributed by atoms with Crippen molar-refractivity contribution >= 4 is 17.3 Å². The van der Waals surface area contributed by atoms with Gasteiger partial charge in [0.05, 0.1) is 13.7 Å². The predicted molar refractivity (Wildman–Crippen MR) is 118 cm³/mol. The van der Waals surface area contributed by atoms with Crippen molar-refractivity contribution in [3.05, 3.63) is 51.7 Å². The minimum atomic E-state index is -0.473. The fraction of sp³-hybridized carbons (Fsp3) is 0.522. The Kier molecular flexibility index (Phi) is 8.68. The quantitative estimate of drug-likeness (QED) is 0.423. The Morgan fingerprint density at radius 2 is 2.00 bits per heavy atom. The van der Waals surface area contributed by atoms with E-state index in [9.17, 15) is 4.79 Å². The summed E-state index contributed by atoms with van der Waals surface area (Å²) in [6.07, 6.45) is 1.30. The van der Waals surface area contributed by atoms with Gasteiger partial charge in [-0.25, -0.2) is 4.79 Å². The van der Waals surface area contributed by atoms with Gasteiger partial charge in [-0.15, -0.1) is 11.3 Å². The van der Waals surface area contributed by atoms with Gasteiger partial charge in [0.15, 0.2) is 6.29 Å². The molecule has 1 heterocycles. The molecule has 0 radical (unpaired) electrons. The molecular weight excluding hydrogens is 386 g/mol. The number of methoxy groups -OCH3 is 1. The lowest BCUT2D eigenvalue weighted by Crippen LogP contribution is -2.23. The summed E-state index contributed by atoms with van der Waals surface area (Å²) in [4.78, 5) is 13.6. The first-order valence-corrected chi connectivity index (χ1v) is 10.8. The number of carbonyl (C=O) groups excluding carboxylic acids is 1. The number of benzene rings is 1. The third kappa shape index (κ3) is 7.46. The molecule has 0 aliphatic heterocycles. The molecule has 0 aliphatic carbocycles. The molecule has 2 aromatic rings. The normalized spacial score (nSPS) is 13.7. The lowest BCUT2D eigenvalue weighted by atomic mass is 9.85. The summed E-state index contributed by atoms with van der Waals surface area (Å²) in [7, 11) is 3.31. The number of nitrogens with one attached hydrogen (secondary N) is 1. The average Bonchev–Trinajstić information content (AvgIpc) is 3.18. The number of ether oxygens (including phenoxy) is 3. The Morgan fingerprint density at radius 1 is 1.24 bits per heavy atom. The van der Waals surface area contributed by atoms with E-state index in [0.717, 1.165) is 18.4 Å². The molecule has 0 amide bonds. The van der Waals surface area contributed by atoms with Gasteiger partial charge in [0.1, 0.15) is 11.3 Å². The molecule has 0 aliphatic rings. The fourth-order valence-electron chi connectivity index (χ4n) is 3.13. The lowest BCUT2D eigenvalue weighted by Gasteiger charge is -2.27. The van der Waals surface area contributed by atoms with E-state index in [-0.39, 0.29) is 11.5 Å². The summed E-state index contributed by atoms with van der Waals surface area (Å²) in [5, 5.41) is 5.40. The van der Waals surface area contributed by atoms with Gasteiger partial charge in [-0.05, 0) is 54.9 Å². The molecule has 0 spiro atoms. The van der Waals surface area contributed by atoms with Crippen LogP contribution in [-0.4, -0.2) is 33.0 Å². The Morgan fingerprint density at radius 3 is 2.59 bits per heavy atom. The van der Waals surface area contributed by atoms with Crippen molar-refractivity contribution in [3.8, 4) is 5.75 Å². The van der Waals surface area contributed by atoms with Crippen LogP contribution >= 0.6 is 11.3 Å². The van der Waals surface area contributed by atoms with Crippen LogP contribution < -0.4 is 10.1 Å². The molecular formula is C23H33NO4S. The molecule has 5 nitrogen and oxygen atoms in total. The summed E-state index contributed by atoms with van der Waals surface area (Å²) in [5.74, 6) is 0.0492. The van der Waals surface area contributed by atoms with Crippen molar-refractivity contribution in [3.63, 3.8) is 0 Å². The second-order valence-electron chi connectivity index (χ2n) is 8.24. The summed E-state index contributed by atoms with van der Waals surface area (Å²) in [6.45, 7) is 8.99. The van der Waals surface area contributed by atoms with Gasteiger partial charge in [-0.3, -0.25) is 0 Å². The zero-order chi connectivity index (χ0) is 21.4. The Bertz CT molecular complexity index is 768. The third-order valence-corrected chi connectivity index (χ3v) is 5.49. The van der Waals surface area contributed by atoms with Gasteiger partial charge in [-0.1, -0.05) is 32.9 Å². The molecule has 6 heteroatoms. The fourth-order valence-corrected chi connectivity index (χ4v) is 3.82. The molecule has 2 atom stereocenters. The number of rotatable bonds is 10. The van der Waals surface area contributed by atoms with E-state index < -0.39 is 12.3 Å². The smallest absolute Gasteiger partial charge is 0.341 e. The van der Waals surface area contributed by atoms with E-state index in [2.05, 4.69) is 37.5 Å². The zero-order valence-corrected chi connectivity index (χ0v) is 19.1. The number of esters is 1. The summed E-state index contributed by atoms with van der Waals surface area (Å²) in [6, 6.07) is 9.92. The number of hydrogen-bond donors (Lipinski definition) is 1. The van der Waals surface area contributed by atoms with Crippen LogP contribution in [0.5, 0.6) is 5.75 Å². The van der Waals surface area contributed by atoms with Crippen molar-refractivity contribution in [2.75, 3.05) is 20.8 Å². The Balaban J connectivity index is 2.10. The zero-order valence-electron chi connectivity index (χ0n) is 18.3. The molecule has 1 aromatic carbocycles. The van der Waals surface area contributed by atoms with Crippen molar-refractivity contribution < 1.29 is 19.0 Å². The second-order valence-corrected chi connectivity index (χ2v) is 9.27. The van der Waals surface area contributed by atoms with E-state index in [1.54, 1.807) is 11.3 Å². The van der Waals surface area contributed by atoms with E-state index >= 15 is 0 Å². The van der Waals surface area contributed by atoms with Crippen molar-refractivity contribution in [2.24, 2.45) is 5.41 Å². The van der Waals surface area contributed by atoms with Gasteiger partial charge in [0.25, 0.3) is 0 Å². The monoisotopic (exact) mass is 419 g/mol. The van der Waals surface area contributed by atoms with Crippen molar-refractivity contribution in [2.45, 2.75) is 52.9 Å². The van der Waals surface area contributed by atoms with E-state index in [4.69, 9.17) is 14.2 Å². The highest BCUT2D eigenvalue weighted by atomic mass is 32.1. The van der Waals surface area contributed by atoms with E-state index in [1.165, 1.54) is 12.0 Å². The molecule has 2 rings (SSSR count). The molecule has 0 saturated heterocycles. The third-order valence-electron chi connectivity index (χ3n) is 4.55. The Labute approximate surface area is 178 Å². The van der Waals surface area contributed by atoms with E-state index in [1.807, 2.05) is 38.2 Å². The molecule has 160 valence electrons. The molecule has 0 fully saturated rings. The first-order chi connectivity index (χ1) is 13.7. The molecule has 1 aromatic heterocycles. The SMILES string of the molecule is CNC(CC(C)(C)C)c1ccc(OC(C)OCCc2cccs2)c(C(=O)OC)c1. The van der Waals surface area contributed by atoms with Crippen molar-refractivity contribution in [1.82, 2.24) is 5.32 Å². The highest BCUT2D eigenvalue weighted by Crippen LogP contribution is 2.32. The highest BCUT2D eigenvalue weighted by molar-refractivity contribution is 7.09. The van der Waals surface area contributed by atoms with Gasteiger partial charge >= 0.3 is 5.97 Å². The topological polar surface area (TPSA) is 56.8 Å². The van der Waals surface area contributed by atoms with Crippen LogP contribution in [0.3, 0.4) is 0 Å². The summed E-state index contributed by atoms with van der Waals surface area (Å²) >= 11 is 1.71. The molecule has 2 unspecified atom stereocenters. The maximum Gasteiger partial charge on any atom is 0.341 e. The average molecular weight is 420 g/mol. The highest BCUT2D eigenvalue weighted by Gasteiger charge is 2.22. The van der Waals surface area contributed by atoms with Crippen LogP contribution in [0, 0.1) is 5.41 Å². The number of carbonyl (C=O) groups is 1. The van der Waals surface area contributed by atoms with Crippen molar-refractivity contribution in [1.29, 1.82) is 0 Å². The van der Waals surface area contributed by atoms with Crippen LogP contribution in [0.15, 0.2) is 35.7 Å². The summed E-state index contributed by atoms with van der Waals surface area (Å²) in [5.41, 5.74) is 1.59. The predicted octanol–water partition coefficient (Wildman–Crippen LogP) is 5.22. The minimum Gasteiger partial charge on any atom is -0.465 e. The molecule has 1 N–H and O–H groups in total. The largest absolute Gasteiger partial charge is 0.465 e. The minimum absolute atomic E-state index is 0.131. The van der Waals surface area contributed by atoms with Gasteiger partial charge < -0.3 is 19.5 Å². The summed E-state index contributed by atoms with van der Waals surface area (Å²) < 4.78 is 16.7. The van der Waals surface area contributed by atoms with Crippen LogP contribution in [0.2, 0.25) is 0 Å². The first-order valence-electron chi connectivity index (χ1n) is 9.93. The maximum absolute atomic E-state index is 12.4.